The molecule has 43 heavy (non-hydrogen) atoms. The van der Waals surface area contributed by atoms with Gasteiger partial charge in [0.05, 0.1) is 46.8 Å². The molecular weight excluding hydrogens is 536 g/mol. The molecule has 0 saturated carbocycles. The lowest BCUT2D eigenvalue weighted by Gasteiger charge is -2.33. The Morgan fingerprint density at radius 2 is 1.37 bits per heavy atom. The number of aromatic nitrogens is 1. The van der Waals surface area contributed by atoms with Crippen LogP contribution in [0.2, 0.25) is 0 Å². The number of rotatable bonds is 14. The average molecular weight is 593 g/mol. The molecule has 0 saturated heterocycles. The number of fused-ring (bicyclic) bond motifs is 1. The molecule has 0 aromatic heterocycles. The first kappa shape index (κ1) is 34.3. The minimum Gasteiger partial charge on any atom is -0.624 e. The van der Waals surface area contributed by atoms with Gasteiger partial charge in [-0.2, -0.15) is 0 Å². The lowest BCUT2D eigenvalue weighted by Crippen LogP contribution is -2.42. The third kappa shape index (κ3) is 10.5. The lowest BCUT2D eigenvalue weighted by molar-refractivity contribution is -0.907. The highest BCUT2D eigenvalue weighted by atomic mass is 16.5. The molecule has 0 spiro atoms. The van der Waals surface area contributed by atoms with E-state index in [0.717, 1.165) is 86.4 Å². The molecule has 1 heterocycles. The summed E-state index contributed by atoms with van der Waals surface area (Å²) >= 11 is 0. The number of aryl methyl sites for hydroxylation is 1. The van der Waals surface area contributed by atoms with Crippen LogP contribution in [-0.2, 0) is 19.6 Å². The van der Waals surface area contributed by atoms with Gasteiger partial charge in [0.15, 0.2) is 18.0 Å². The fourth-order valence-corrected chi connectivity index (χ4v) is 5.66. The molecule has 1 aromatic rings. The largest absolute Gasteiger partial charge is 0.624 e. The first-order valence-electron chi connectivity index (χ1n) is 15.5. The van der Waals surface area contributed by atoms with Crippen LogP contribution in [0.25, 0.3) is 11.1 Å². The number of pyridine rings is 1. The van der Waals surface area contributed by atoms with Gasteiger partial charge >= 0.3 is 0 Å². The van der Waals surface area contributed by atoms with E-state index in [2.05, 4.69) is 82.2 Å². The highest BCUT2D eigenvalue weighted by Gasteiger charge is 2.24. The van der Waals surface area contributed by atoms with E-state index in [-0.39, 0.29) is 0 Å². The Kier molecular flexibility index (Phi) is 11.2. The first-order valence-corrected chi connectivity index (χ1v) is 15.5. The van der Waals surface area contributed by atoms with Crippen LogP contribution in [0.5, 0.6) is 0 Å². The van der Waals surface area contributed by atoms with Crippen molar-refractivity contribution in [3.63, 3.8) is 0 Å². The average Bonchev–Trinajstić information content (AvgIpc) is 3.26. The third-order valence-corrected chi connectivity index (χ3v) is 8.04. The molecule has 1 aliphatic carbocycles. The molecule has 3 rings (SSSR count). The summed E-state index contributed by atoms with van der Waals surface area (Å²) in [4.78, 5) is 2.26. The SMILES string of the molecule is CN(C)CCC[N+](C)(C)Cc1ccccc1C[N+](C)(C)CCCn1cc(/C=[N+](/C)[O-])c2ccc(/C=[N+](\[O-])C(C)(C)C)c-2c1. The van der Waals surface area contributed by atoms with E-state index in [4.69, 9.17) is 0 Å². The summed E-state index contributed by atoms with van der Waals surface area (Å²) in [5.74, 6) is 0. The Morgan fingerprint density at radius 3 is 1.91 bits per heavy atom. The zero-order valence-corrected chi connectivity index (χ0v) is 28.4. The van der Waals surface area contributed by atoms with E-state index >= 15 is 0 Å². The van der Waals surface area contributed by atoms with Crippen molar-refractivity contribution in [3.8, 4) is 11.1 Å². The van der Waals surface area contributed by atoms with E-state index in [0.29, 0.717) is 0 Å². The molecule has 8 nitrogen and oxygen atoms in total. The van der Waals surface area contributed by atoms with Gasteiger partial charge in [0.2, 0.25) is 0 Å². The summed E-state index contributed by atoms with van der Waals surface area (Å²) in [6.45, 7) is 11.8. The van der Waals surface area contributed by atoms with Gasteiger partial charge in [0.1, 0.15) is 20.1 Å². The smallest absolute Gasteiger partial charge is 0.183 e. The molecular formula is C35H56N6O2+2. The second-order valence-electron chi connectivity index (χ2n) is 14.8. The Bertz CT molecular complexity index is 1370. The molecule has 0 fully saturated rings. The quantitative estimate of drug-likeness (QED) is 0.0863. The maximum absolute atomic E-state index is 12.7. The summed E-state index contributed by atoms with van der Waals surface area (Å²) in [5.41, 5.74) is 6.02. The van der Waals surface area contributed by atoms with Crippen molar-refractivity contribution >= 4 is 12.4 Å². The van der Waals surface area contributed by atoms with E-state index in [9.17, 15) is 10.4 Å². The minimum atomic E-state index is -0.526. The summed E-state index contributed by atoms with van der Waals surface area (Å²) in [7, 11) is 15.1. The van der Waals surface area contributed by atoms with Crippen molar-refractivity contribution in [1.29, 1.82) is 0 Å². The third-order valence-electron chi connectivity index (χ3n) is 8.04. The topological polar surface area (TPSA) is 60.3 Å². The fraction of sp³-hybridized carbons (Fsp3) is 0.543. The summed E-state index contributed by atoms with van der Waals surface area (Å²) in [6.07, 6.45) is 9.61. The molecule has 236 valence electrons. The van der Waals surface area contributed by atoms with Crippen molar-refractivity contribution < 1.29 is 18.4 Å². The normalized spacial score (nSPS) is 13.8. The molecule has 1 aromatic carbocycles. The maximum Gasteiger partial charge on any atom is 0.183 e. The zero-order valence-electron chi connectivity index (χ0n) is 28.4. The van der Waals surface area contributed by atoms with E-state index in [1.54, 1.807) is 12.4 Å². The van der Waals surface area contributed by atoms with Crippen LogP contribution in [0.3, 0.4) is 0 Å². The van der Waals surface area contributed by atoms with E-state index < -0.39 is 5.54 Å². The Labute approximate surface area is 260 Å². The van der Waals surface area contributed by atoms with Crippen LogP contribution in [-0.4, -0.2) is 115 Å². The Morgan fingerprint density at radius 1 is 0.791 bits per heavy atom. The molecule has 1 aliphatic heterocycles. The van der Waals surface area contributed by atoms with Crippen LogP contribution in [0, 0.1) is 10.4 Å². The van der Waals surface area contributed by atoms with Crippen molar-refractivity contribution in [2.24, 2.45) is 0 Å². The van der Waals surface area contributed by atoms with Gasteiger partial charge in [0.25, 0.3) is 0 Å². The maximum atomic E-state index is 12.7. The predicted octanol–water partition coefficient (Wildman–Crippen LogP) is 5.07. The molecule has 0 atom stereocenters. The molecule has 0 radical (unpaired) electrons. The summed E-state index contributed by atoms with van der Waals surface area (Å²) < 4.78 is 5.88. The Hall–Kier alpha value is -3.20. The molecule has 8 heteroatoms. The first-order chi connectivity index (χ1) is 20.0. The summed E-state index contributed by atoms with van der Waals surface area (Å²) in [6, 6.07) is 12.9. The van der Waals surface area contributed by atoms with Gasteiger partial charge in [-0.3, -0.25) is 0 Å². The highest BCUT2D eigenvalue weighted by Crippen LogP contribution is 2.30. The van der Waals surface area contributed by atoms with Crippen LogP contribution >= 0.6 is 0 Å². The minimum absolute atomic E-state index is 0.526. The van der Waals surface area contributed by atoms with Gasteiger partial charge in [-0.15, -0.1) is 0 Å². The second-order valence-corrected chi connectivity index (χ2v) is 14.8. The lowest BCUT2D eigenvalue weighted by atomic mass is 10.0. The van der Waals surface area contributed by atoms with Crippen molar-refractivity contribution in [2.75, 3.05) is 69.0 Å². The van der Waals surface area contributed by atoms with Gasteiger partial charge in [-0.05, 0) is 25.7 Å². The number of hydrogen-bond acceptors (Lipinski definition) is 3. The number of benzene rings is 1. The predicted molar refractivity (Wildman–Crippen MR) is 180 cm³/mol. The number of quaternary nitrogens is 2. The number of hydrogen-bond donors (Lipinski definition) is 0. The molecule has 0 amide bonds. The molecule has 0 N–H and O–H groups in total. The van der Waals surface area contributed by atoms with Gasteiger partial charge in [-0.25, -0.2) is 9.48 Å². The van der Waals surface area contributed by atoms with Crippen LogP contribution in [0.1, 0.15) is 55.9 Å². The van der Waals surface area contributed by atoms with E-state index in [1.165, 1.54) is 24.6 Å². The van der Waals surface area contributed by atoms with Crippen molar-refractivity contribution in [2.45, 2.75) is 58.8 Å². The van der Waals surface area contributed by atoms with Crippen LogP contribution in [0.15, 0.2) is 48.8 Å². The van der Waals surface area contributed by atoms with Gasteiger partial charge in [-0.1, -0.05) is 30.3 Å². The molecule has 0 unspecified atom stereocenters. The van der Waals surface area contributed by atoms with Crippen molar-refractivity contribution in [3.05, 3.63) is 81.5 Å². The standard InChI is InChI=1S/C35H56N6O2/c1-35(2,3)39(43)25-29-17-18-33-32(23-37(6)42)24-38(26-34(29)33)20-14-22-41(9,10)28-31-16-12-11-15-30(31)27-40(7,8)21-13-19-36(4)5/h11-12,15-18,23-26H,13-14,19-22,27-28H2,1-10H3/q+2/b37-23-,39-25-. The number of nitrogens with zero attached hydrogens (tertiary/aromatic N) is 6. The monoisotopic (exact) mass is 592 g/mol. The van der Waals surface area contributed by atoms with Crippen LogP contribution < -0.4 is 0 Å². The Balaban J connectivity index is 1.75. The fourth-order valence-electron chi connectivity index (χ4n) is 5.66. The number of hydroxylamine groups is 2. The van der Waals surface area contributed by atoms with Gasteiger partial charge in [0, 0.05) is 81.3 Å². The molecule has 2 aliphatic rings. The van der Waals surface area contributed by atoms with Crippen molar-refractivity contribution in [1.82, 2.24) is 9.47 Å². The van der Waals surface area contributed by atoms with Gasteiger partial charge < -0.3 is 28.8 Å². The highest BCUT2D eigenvalue weighted by molar-refractivity contribution is 5.96. The summed E-state index contributed by atoms with van der Waals surface area (Å²) in [5, 5.41) is 24.7. The van der Waals surface area contributed by atoms with Crippen LogP contribution in [0.4, 0.5) is 0 Å². The van der Waals surface area contributed by atoms with E-state index in [1.807, 2.05) is 39.1 Å². The zero-order chi connectivity index (χ0) is 32.0. The molecule has 0 bridgehead atoms. The second kappa shape index (κ2) is 14.1.